The minimum atomic E-state index is -0.407. The maximum Gasteiger partial charge on any atom is 0.333 e. The first kappa shape index (κ1) is 32.6. The van der Waals surface area contributed by atoms with Crippen LogP contribution >= 0.6 is 15.9 Å². The molecule has 0 spiro atoms. The fraction of sp³-hybridized carbons (Fsp3) is 0.282. The summed E-state index contributed by atoms with van der Waals surface area (Å²) in [4.78, 5) is 48.9. The van der Waals surface area contributed by atoms with Crippen molar-refractivity contribution >= 4 is 27.7 Å². The Hall–Kier alpha value is -4.96. The average Bonchev–Trinajstić information content (AvgIpc) is 3.90. The van der Waals surface area contributed by atoms with Gasteiger partial charge < -0.3 is 15.0 Å². The lowest BCUT2D eigenvalue weighted by Gasteiger charge is -2.34. The van der Waals surface area contributed by atoms with Gasteiger partial charge >= 0.3 is 5.69 Å². The van der Waals surface area contributed by atoms with E-state index in [0.717, 1.165) is 57.6 Å². The fourth-order valence-corrected chi connectivity index (χ4v) is 6.61. The van der Waals surface area contributed by atoms with Gasteiger partial charge in [0.05, 0.1) is 29.7 Å². The highest BCUT2D eigenvalue weighted by Crippen LogP contribution is 2.29. The third kappa shape index (κ3) is 6.57. The molecule has 0 saturated heterocycles. The number of nitrogens with one attached hydrogen (secondary N) is 1. The Kier molecular flexibility index (Phi) is 8.98. The Bertz CT molecular complexity index is 2120. The normalized spacial score (nSPS) is 15.5. The molecule has 49 heavy (non-hydrogen) atoms. The van der Waals surface area contributed by atoms with Crippen LogP contribution in [0.25, 0.3) is 16.9 Å². The smallest absolute Gasteiger partial charge is 0.333 e. The zero-order chi connectivity index (χ0) is 34.2. The number of aromatic nitrogens is 3. The lowest BCUT2D eigenvalue weighted by molar-refractivity contribution is 0.0610. The summed E-state index contributed by atoms with van der Waals surface area (Å²) < 4.78 is 9.97. The number of rotatable bonds is 9. The molecule has 0 radical (unpaired) electrons. The summed E-state index contributed by atoms with van der Waals surface area (Å²) in [5, 5.41) is 3.10. The zero-order valence-electron chi connectivity index (χ0n) is 27.8. The molecule has 0 unspecified atom stereocenters. The van der Waals surface area contributed by atoms with Crippen LogP contribution in [-0.4, -0.2) is 43.0 Å². The molecule has 2 aromatic heterocycles. The molecule has 250 valence electrons. The monoisotopic (exact) mass is 719 g/mol. The van der Waals surface area contributed by atoms with Gasteiger partial charge in [-0.2, -0.15) is 0 Å². The first-order valence-corrected chi connectivity index (χ1v) is 17.5. The number of benzene rings is 3. The van der Waals surface area contributed by atoms with E-state index in [-0.39, 0.29) is 49.1 Å². The highest BCUT2D eigenvalue weighted by atomic mass is 79.9. The molecule has 7 rings (SSSR count). The van der Waals surface area contributed by atoms with Crippen LogP contribution in [0, 0.1) is 6.92 Å². The van der Waals surface area contributed by atoms with E-state index in [9.17, 15) is 14.4 Å². The molecular formula is C39H38BrN5O4. The van der Waals surface area contributed by atoms with Gasteiger partial charge in [-0.25, -0.2) is 4.79 Å². The zero-order valence-corrected chi connectivity index (χ0v) is 29.4. The number of nitrogens with zero attached hydrogens (tertiary/aromatic N) is 4. The Morgan fingerprint density at radius 1 is 1.00 bits per heavy atom. The maximum atomic E-state index is 14.3. The van der Waals surface area contributed by atoms with Gasteiger partial charge in [0.15, 0.2) is 0 Å². The van der Waals surface area contributed by atoms with Gasteiger partial charge in [0, 0.05) is 40.4 Å². The number of carbonyl (C=O) groups excluding carboxylic acids is 2. The van der Waals surface area contributed by atoms with Crippen LogP contribution in [-0.2, 0) is 26.1 Å². The van der Waals surface area contributed by atoms with Gasteiger partial charge in [-0.3, -0.25) is 23.7 Å². The predicted molar refractivity (Wildman–Crippen MR) is 192 cm³/mol. The van der Waals surface area contributed by atoms with E-state index >= 15 is 0 Å². The lowest BCUT2D eigenvalue weighted by atomic mass is 10.0. The Balaban J connectivity index is 1.25. The Morgan fingerprint density at radius 2 is 1.78 bits per heavy atom. The van der Waals surface area contributed by atoms with Crippen molar-refractivity contribution in [2.45, 2.75) is 71.8 Å². The third-order valence-corrected chi connectivity index (χ3v) is 10.1. The van der Waals surface area contributed by atoms with Crippen molar-refractivity contribution in [3.63, 3.8) is 0 Å². The van der Waals surface area contributed by atoms with Crippen molar-refractivity contribution in [3.8, 4) is 22.7 Å². The van der Waals surface area contributed by atoms with Crippen LogP contribution in [0.3, 0.4) is 0 Å². The molecule has 3 aromatic carbocycles. The lowest BCUT2D eigenvalue weighted by Crippen LogP contribution is -2.47. The minimum absolute atomic E-state index is 0.104. The van der Waals surface area contributed by atoms with E-state index in [1.807, 2.05) is 80.6 Å². The largest absolute Gasteiger partial charge is 0.490 e. The average molecular weight is 721 g/mol. The summed E-state index contributed by atoms with van der Waals surface area (Å²) >= 11 is 3.52. The number of pyridine rings is 1. The van der Waals surface area contributed by atoms with Crippen LogP contribution in [0.15, 0.2) is 94.2 Å². The standard InChI is InChI=1S/C39H38BrN5O4/c1-4-28-9-7-11-34(42-28)32-10-6-5-8-27(32)21-41-37(46)36-35-23-43(38(47)26-12-19-33(40)24(2)20-26)25(3)22-44(35)39(48)45(36)29-13-15-30(16-14-29)49-31-17-18-31/h5-16,19-20,25,31H,4,17-18,21-23H2,1-3H3,(H,41,46)/t25-/m1/s1. The van der Waals surface area contributed by atoms with Crippen molar-refractivity contribution in [2.75, 3.05) is 0 Å². The van der Waals surface area contributed by atoms with E-state index in [4.69, 9.17) is 9.72 Å². The Labute approximate surface area is 293 Å². The predicted octanol–water partition coefficient (Wildman–Crippen LogP) is 6.85. The molecule has 10 heteroatoms. The first-order valence-electron chi connectivity index (χ1n) is 16.7. The SMILES string of the molecule is CCc1cccc(-c2ccccc2CNC(=O)c2c3n(c(=O)n2-c2ccc(OC4CC4)cc2)C[C@@H](C)N(C(=O)c2ccc(Br)c(C)c2)C3)n1. The van der Waals surface area contributed by atoms with Crippen molar-refractivity contribution < 1.29 is 14.3 Å². The summed E-state index contributed by atoms with van der Waals surface area (Å²) in [5.41, 5.74) is 6.08. The molecule has 2 aliphatic rings. The number of amides is 2. The topological polar surface area (TPSA) is 98.5 Å². The summed E-state index contributed by atoms with van der Waals surface area (Å²) in [6.45, 7) is 6.52. The molecular weight excluding hydrogens is 682 g/mol. The van der Waals surface area contributed by atoms with Crippen LogP contribution in [0.1, 0.15) is 70.1 Å². The van der Waals surface area contributed by atoms with Crippen LogP contribution in [0.4, 0.5) is 0 Å². The van der Waals surface area contributed by atoms with Gasteiger partial charge in [0.25, 0.3) is 11.8 Å². The molecule has 2 amide bonds. The highest BCUT2D eigenvalue weighted by molar-refractivity contribution is 9.10. The second kappa shape index (κ2) is 13.5. The van der Waals surface area contributed by atoms with Gasteiger partial charge in [0.1, 0.15) is 11.4 Å². The molecule has 9 nitrogen and oxygen atoms in total. The quantitative estimate of drug-likeness (QED) is 0.180. The number of fused-ring (bicyclic) bond motifs is 1. The number of aryl methyl sites for hydroxylation is 2. The van der Waals surface area contributed by atoms with Crippen LogP contribution in [0.5, 0.6) is 5.75 Å². The van der Waals surface area contributed by atoms with Gasteiger partial charge in [-0.05, 0) is 98.8 Å². The van der Waals surface area contributed by atoms with Crippen molar-refractivity contribution in [1.29, 1.82) is 0 Å². The van der Waals surface area contributed by atoms with E-state index < -0.39 is 5.91 Å². The molecule has 1 aliphatic heterocycles. The number of carbonyl (C=O) groups is 2. The fourth-order valence-electron chi connectivity index (χ4n) is 6.37. The van der Waals surface area contributed by atoms with E-state index in [1.54, 1.807) is 27.7 Å². The number of ether oxygens (including phenoxy) is 1. The number of imidazole rings is 1. The first-order chi connectivity index (χ1) is 23.7. The summed E-state index contributed by atoms with van der Waals surface area (Å²) in [7, 11) is 0. The maximum absolute atomic E-state index is 14.3. The molecule has 1 atom stereocenters. The van der Waals surface area contributed by atoms with E-state index in [1.165, 1.54) is 4.57 Å². The molecule has 5 aromatic rings. The number of hydrogen-bond donors (Lipinski definition) is 1. The van der Waals surface area contributed by atoms with Crippen molar-refractivity contribution in [1.82, 2.24) is 24.3 Å². The van der Waals surface area contributed by atoms with Gasteiger partial charge in [-0.1, -0.05) is 53.2 Å². The minimum Gasteiger partial charge on any atom is -0.490 e. The van der Waals surface area contributed by atoms with Crippen LogP contribution in [0.2, 0.25) is 0 Å². The molecule has 1 fully saturated rings. The second-order valence-corrected chi connectivity index (χ2v) is 13.6. The molecule has 1 N–H and O–H groups in total. The summed E-state index contributed by atoms with van der Waals surface area (Å²) in [6.07, 6.45) is 3.12. The second-order valence-electron chi connectivity index (χ2n) is 12.8. The summed E-state index contributed by atoms with van der Waals surface area (Å²) in [5.74, 6) is 0.163. The number of halogens is 1. The van der Waals surface area contributed by atoms with Gasteiger partial charge in [-0.15, -0.1) is 0 Å². The van der Waals surface area contributed by atoms with Crippen LogP contribution < -0.4 is 15.7 Å². The highest BCUT2D eigenvalue weighted by Gasteiger charge is 2.35. The Morgan fingerprint density at radius 3 is 2.51 bits per heavy atom. The molecule has 1 aliphatic carbocycles. The van der Waals surface area contributed by atoms with E-state index in [0.29, 0.717) is 16.9 Å². The van der Waals surface area contributed by atoms with E-state index in [2.05, 4.69) is 28.2 Å². The molecule has 1 saturated carbocycles. The number of hydrogen-bond acceptors (Lipinski definition) is 5. The molecule has 3 heterocycles. The van der Waals surface area contributed by atoms with Crippen molar-refractivity contribution in [3.05, 3.63) is 134 Å². The third-order valence-electron chi connectivity index (χ3n) is 9.25. The summed E-state index contributed by atoms with van der Waals surface area (Å²) in [6, 6.07) is 26.3. The van der Waals surface area contributed by atoms with Gasteiger partial charge in [0.2, 0.25) is 0 Å². The van der Waals surface area contributed by atoms with Crippen molar-refractivity contribution in [2.24, 2.45) is 0 Å². The molecule has 0 bridgehead atoms.